The Kier molecular flexibility index (Phi) is 7.72. The molecule has 4 heteroatoms. The number of carbonyl (C=O) groups excluding carboxylic acids is 1. The number of benzene rings is 1. The van der Waals surface area contributed by atoms with Gasteiger partial charge in [0.1, 0.15) is 11.2 Å². The molecule has 152 valence electrons. The molecule has 1 N–H and O–H groups in total. The highest BCUT2D eigenvalue weighted by Gasteiger charge is 2.40. The molecule has 0 saturated carbocycles. The maximum absolute atomic E-state index is 12.2. The molecule has 1 aromatic rings. The number of amides is 1. The number of hydrogen-bond donors (Lipinski definition) is 1. The van der Waals surface area contributed by atoms with Crippen molar-refractivity contribution < 1.29 is 14.6 Å². The van der Waals surface area contributed by atoms with Crippen molar-refractivity contribution in [3.05, 3.63) is 35.4 Å². The molecule has 1 aromatic carbocycles. The number of carbonyl (C=O) groups is 1. The van der Waals surface area contributed by atoms with Gasteiger partial charge >= 0.3 is 6.09 Å². The molecule has 1 saturated heterocycles. The van der Waals surface area contributed by atoms with Gasteiger partial charge in [0.25, 0.3) is 0 Å². The number of nitrogens with zero attached hydrogens (tertiary/aromatic N) is 1. The molecule has 0 radical (unpaired) electrons. The van der Waals surface area contributed by atoms with Gasteiger partial charge in [0.05, 0.1) is 6.54 Å². The van der Waals surface area contributed by atoms with E-state index < -0.39 is 11.2 Å². The normalized spacial score (nSPS) is 20.1. The number of aliphatic hydroxyl groups is 1. The average Bonchev–Trinajstić information content (AvgIpc) is 3.01. The molecule has 1 fully saturated rings. The lowest BCUT2D eigenvalue weighted by atomic mass is 9.91. The summed E-state index contributed by atoms with van der Waals surface area (Å²) in [5.41, 5.74) is 0.714. The lowest BCUT2D eigenvalue weighted by Crippen LogP contribution is -2.38. The second kappa shape index (κ2) is 9.59. The Morgan fingerprint density at radius 2 is 1.74 bits per heavy atom. The minimum absolute atomic E-state index is 0.290. The van der Waals surface area contributed by atoms with Gasteiger partial charge in [-0.3, -0.25) is 0 Å². The summed E-state index contributed by atoms with van der Waals surface area (Å²) in [7, 11) is 0. The van der Waals surface area contributed by atoms with Gasteiger partial charge in [-0.25, -0.2) is 4.79 Å². The predicted octanol–water partition coefficient (Wildman–Crippen LogP) is 5.42. The van der Waals surface area contributed by atoms with Gasteiger partial charge in [0.15, 0.2) is 0 Å². The summed E-state index contributed by atoms with van der Waals surface area (Å²) in [5.74, 6) is 0. The van der Waals surface area contributed by atoms with E-state index in [9.17, 15) is 9.90 Å². The van der Waals surface area contributed by atoms with Crippen LogP contribution >= 0.6 is 0 Å². The molecule has 0 aliphatic carbocycles. The fourth-order valence-corrected chi connectivity index (χ4v) is 3.60. The van der Waals surface area contributed by atoms with Crippen LogP contribution in [0.3, 0.4) is 0 Å². The van der Waals surface area contributed by atoms with Gasteiger partial charge in [-0.15, -0.1) is 0 Å². The van der Waals surface area contributed by atoms with Crippen LogP contribution in [0.25, 0.3) is 0 Å². The van der Waals surface area contributed by atoms with Crippen molar-refractivity contribution in [2.45, 2.75) is 90.3 Å². The number of likely N-dealkylation sites (tertiary alicyclic amines) is 1. The number of ether oxygens (including phenoxy) is 1. The zero-order chi connectivity index (χ0) is 19.9. The molecule has 27 heavy (non-hydrogen) atoms. The summed E-state index contributed by atoms with van der Waals surface area (Å²) in [6.45, 7) is 8.62. The van der Waals surface area contributed by atoms with E-state index in [2.05, 4.69) is 19.1 Å². The van der Waals surface area contributed by atoms with E-state index in [1.54, 1.807) is 4.90 Å². The van der Waals surface area contributed by atoms with Crippen LogP contribution in [0.15, 0.2) is 24.3 Å². The number of β-amino-alcohol motifs (C(OH)–C–C–N with tert-alkyl or cyclic N) is 1. The van der Waals surface area contributed by atoms with E-state index in [-0.39, 0.29) is 6.09 Å². The van der Waals surface area contributed by atoms with Crippen LogP contribution in [0, 0.1) is 0 Å². The highest BCUT2D eigenvalue weighted by atomic mass is 16.6. The standard InChI is InChI=1S/C23H37NO3/c1-5-6-7-8-9-10-11-19-12-14-20(15-13-19)23(26)16-17-24(18-23)21(25)27-22(2,3)4/h12-15,26H,5-11,16-18H2,1-4H3. The molecule has 1 aliphatic rings. The summed E-state index contributed by atoms with van der Waals surface area (Å²) in [5, 5.41) is 11.0. The lowest BCUT2D eigenvalue weighted by molar-refractivity contribution is 0.0140. The first-order valence-electron chi connectivity index (χ1n) is 10.5. The van der Waals surface area contributed by atoms with Crippen molar-refractivity contribution in [3.8, 4) is 0 Å². The average molecular weight is 376 g/mol. The van der Waals surface area contributed by atoms with Gasteiger partial charge < -0.3 is 14.7 Å². The van der Waals surface area contributed by atoms with Crippen molar-refractivity contribution in [1.29, 1.82) is 0 Å². The molecular weight excluding hydrogens is 338 g/mol. The largest absolute Gasteiger partial charge is 0.444 e. The SMILES string of the molecule is CCCCCCCCc1ccc(C2(O)CCN(C(=O)OC(C)(C)C)C2)cc1. The Balaban J connectivity index is 1.84. The van der Waals surface area contributed by atoms with Gasteiger partial charge in [-0.05, 0) is 51.2 Å². The summed E-state index contributed by atoms with van der Waals surface area (Å²) in [6, 6.07) is 8.28. The third kappa shape index (κ3) is 6.84. The second-order valence-electron chi connectivity index (χ2n) is 8.90. The van der Waals surface area contributed by atoms with Crippen LogP contribution in [0.5, 0.6) is 0 Å². The molecule has 2 rings (SSSR count). The molecule has 0 bridgehead atoms. The van der Waals surface area contributed by atoms with E-state index in [1.165, 1.54) is 44.1 Å². The highest BCUT2D eigenvalue weighted by molar-refractivity contribution is 5.68. The summed E-state index contributed by atoms with van der Waals surface area (Å²) in [6.07, 6.45) is 9.10. The third-order valence-electron chi connectivity index (χ3n) is 5.21. The quantitative estimate of drug-likeness (QED) is 0.617. The Morgan fingerprint density at radius 3 is 2.37 bits per heavy atom. The molecule has 0 aromatic heterocycles. The first kappa shape index (κ1) is 21.7. The maximum atomic E-state index is 12.2. The van der Waals surface area contributed by atoms with Crippen molar-refractivity contribution in [2.75, 3.05) is 13.1 Å². The Hall–Kier alpha value is -1.55. The summed E-state index contributed by atoms with van der Waals surface area (Å²) in [4.78, 5) is 13.8. The van der Waals surface area contributed by atoms with Crippen molar-refractivity contribution in [2.24, 2.45) is 0 Å². The van der Waals surface area contributed by atoms with Crippen LogP contribution in [-0.2, 0) is 16.8 Å². The Morgan fingerprint density at radius 1 is 1.11 bits per heavy atom. The zero-order valence-corrected chi connectivity index (χ0v) is 17.6. The van der Waals surface area contributed by atoms with Gasteiger partial charge in [-0.1, -0.05) is 63.3 Å². The topological polar surface area (TPSA) is 49.8 Å². The van der Waals surface area contributed by atoms with Crippen LogP contribution in [0.1, 0.15) is 83.8 Å². The van der Waals surface area contributed by atoms with Gasteiger partial charge in [0, 0.05) is 6.54 Å². The van der Waals surface area contributed by atoms with Crippen LogP contribution in [-0.4, -0.2) is 34.8 Å². The number of hydrogen-bond acceptors (Lipinski definition) is 3. The minimum atomic E-state index is -0.977. The monoisotopic (exact) mass is 375 g/mol. The van der Waals surface area contributed by atoms with Gasteiger partial charge in [0.2, 0.25) is 0 Å². The molecule has 1 amide bonds. The van der Waals surface area contributed by atoms with E-state index in [0.717, 1.165) is 12.0 Å². The van der Waals surface area contributed by atoms with E-state index in [0.29, 0.717) is 19.5 Å². The molecule has 0 spiro atoms. The van der Waals surface area contributed by atoms with E-state index in [4.69, 9.17) is 4.74 Å². The number of rotatable bonds is 8. The van der Waals surface area contributed by atoms with Crippen LogP contribution in [0.4, 0.5) is 4.79 Å². The van der Waals surface area contributed by atoms with Crippen molar-refractivity contribution >= 4 is 6.09 Å². The smallest absolute Gasteiger partial charge is 0.410 e. The molecule has 1 heterocycles. The molecule has 1 atom stereocenters. The van der Waals surface area contributed by atoms with Crippen LogP contribution < -0.4 is 0 Å². The molecule has 1 unspecified atom stereocenters. The maximum Gasteiger partial charge on any atom is 0.410 e. The number of aryl methyl sites for hydroxylation is 1. The van der Waals surface area contributed by atoms with Gasteiger partial charge in [-0.2, -0.15) is 0 Å². The minimum Gasteiger partial charge on any atom is -0.444 e. The fraction of sp³-hybridized carbons (Fsp3) is 0.696. The predicted molar refractivity (Wildman–Crippen MR) is 110 cm³/mol. The highest BCUT2D eigenvalue weighted by Crippen LogP contribution is 2.33. The van der Waals surface area contributed by atoms with Crippen molar-refractivity contribution in [1.82, 2.24) is 4.90 Å². The van der Waals surface area contributed by atoms with E-state index in [1.807, 2.05) is 32.9 Å². The second-order valence-corrected chi connectivity index (χ2v) is 8.90. The first-order chi connectivity index (χ1) is 12.7. The van der Waals surface area contributed by atoms with Crippen molar-refractivity contribution in [3.63, 3.8) is 0 Å². The Bertz CT molecular complexity index is 591. The lowest BCUT2D eigenvalue weighted by Gasteiger charge is -2.26. The van der Waals surface area contributed by atoms with E-state index >= 15 is 0 Å². The summed E-state index contributed by atoms with van der Waals surface area (Å²) < 4.78 is 5.43. The van der Waals surface area contributed by atoms with Crippen LogP contribution in [0.2, 0.25) is 0 Å². The summed E-state index contributed by atoms with van der Waals surface area (Å²) >= 11 is 0. The fourth-order valence-electron chi connectivity index (χ4n) is 3.60. The molecule has 1 aliphatic heterocycles. The first-order valence-corrected chi connectivity index (χ1v) is 10.5. The zero-order valence-electron chi connectivity index (χ0n) is 17.6. The third-order valence-corrected chi connectivity index (χ3v) is 5.21. The number of unbranched alkanes of at least 4 members (excludes halogenated alkanes) is 5. The molecular formula is C23H37NO3. The Labute approximate surface area is 164 Å². The molecule has 4 nitrogen and oxygen atoms in total.